The topological polar surface area (TPSA) is 48.4 Å². The maximum absolute atomic E-state index is 5.96. The minimum absolute atomic E-state index is 0.0399. The number of furan rings is 1. The molecule has 1 fully saturated rings. The minimum Gasteiger partial charge on any atom is -0.464 e. The lowest BCUT2D eigenvalue weighted by atomic mass is 9.83. The van der Waals surface area contributed by atoms with Gasteiger partial charge in [-0.05, 0) is 38.3 Å². The zero-order valence-electron chi connectivity index (χ0n) is 10.8. The van der Waals surface area contributed by atoms with Crippen LogP contribution in [0.2, 0.25) is 0 Å². The van der Waals surface area contributed by atoms with Crippen LogP contribution in [0.5, 0.6) is 0 Å². The summed E-state index contributed by atoms with van der Waals surface area (Å²) in [6, 6.07) is 3.88. The summed E-state index contributed by atoms with van der Waals surface area (Å²) < 4.78 is 11.5. The summed E-state index contributed by atoms with van der Waals surface area (Å²) in [6.45, 7) is 4.69. The molecule has 1 aromatic heterocycles. The molecule has 1 aromatic rings. The van der Waals surface area contributed by atoms with E-state index in [1.165, 1.54) is 19.3 Å². The van der Waals surface area contributed by atoms with E-state index in [9.17, 15) is 0 Å². The van der Waals surface area contributed by atoms with E-state index in [1.807, 2.05) is 26.0 Å². The molecule has 1 saturated carbocycles. The second kappa shape index (κ2) is 5.69. The lowest BCUT2D eigenvalue weighted by Gasteiger charge is -2.26. The molecular weight excluding hydrogens is 214 g/mol. The Morgan fingerprint density at radius 3 is 2.71 bits per heavy atom. The first-order valence-corrected chi connectivity index (χ1v) is 6.60. The largest absolute Gasteiger partial charge is 0.464 e. The smallest absolute Gasteiger partial charge is 0.134 e. The van der Waals surface area contributed by atoms with Crippen molar-refractivity contribution < 1.29 is 9.15 Å². The first-order valence-electron chi connectivity index (χ1n) is 6.60. The summed E-state index contributed by atoms with van der Waals surface area (Å²) in [4.78, 5) is 0. The van der Waals surface area contributed by atoms with E-state index in [0.29, 0.717) is 0 Å². The van der Waals surface area contributed by atoms with Gasteiger partial charge in [-0.15, -0.1) is 0 Å². The number of ether oxygens (including phenoxy) is 1. The molecule has 17 heavy (non-hydrogen) atoms. The van der Waals surface area contributed by atoms with Crippen LogP contribution in [0.25, 0.3) is 0 Å². The van der Waals surface area contributed by atoms with Crippen molar-refractivity contribution in [3.05, 3.63) is 23.7 Å². The third-order valence-electron chi connectivity index (χ3n) is 3.57. The highest BCUT2D eigenvalue weighted by Crippen LogP contribution is 2.30. The van der Waals surface area contributed by atoms with Crippen molar-refractivity contribution in [2.24, 2.45) is 11.7 Å². The minimum atomic E-state index is -0.108. The van der Waals surface area contributed by atoms with Gasteiger partial charge < -0.3 is 14.9 Å². The zero-order chi connectivity index (χ0) is 12.3. The van der Waals surface area contributed by atoms with Crippen molar-refractivity contribution in [2.75, 3.05) is 6.61 Å². The number of nitrogens with two attached hydrogens (primary N) is 1. The summed E-state index contributed by atoms with van der Waals surface area (Å²) in [5.41, 5.74) is 5.96. The Balaban J connectivity index is 1.84. The molecule has 2 atom stereocenters. The predicted octanol–water partition coefficient (Wildman–Crippen LogP) is 3.18. The molecule has 0 saturated heterocycles. The monoisotopic (exact) mass is 237 g/mol. The van der Waals surface area contributed by atoms with Gasteiger partial charge in [-0.1, -0.05) is 19.3 Å². The van der Waals surface area contributed by atoms with Crippen LogP contribution in [-0.2, 0) is 4.74 Å². The van der Waals surface area contributed by atoms with E-state index >= 15 is 0 Å². The molecule has 0 amide bonds. The maximum atomic E-state index is 5.96. The highest BCUT2D eigenvalue weighted by Gasteiger charge is 2.22. The van der Waals surface area contributed by atoms with E-state index in [0.717, 1.165) is 30.5 Å². The number of rotatable bonds is 6. The van der Waals surface area contributed by atoms with Gasteiger partial charge in [0.05, 0.1) is 0 Å². The predicted molar refractivity (Wildman–Crippen MR) is 67.7 cm³/mol. The van der Waals surface area contributed by atoms with Crippen LogP contribution in [0, 0.1) is 12.8 Å². The highest BCUT2D eigenvalue weighted by atomic mass is 16.5. The van der Waals surface area contributed by atoms with Crippen molar-refractivity contribution in [3.63, 3.8) is 0 Å². The van der Waals surface area contributed by atoms with Gasteiger partial charge in [-0.25, -0.2) is 0 Å². The van der Waals surface area contributed by atoms with E-state index in [4.69, 9.17) is 14.9 Å². The van der Waals surface area contributed by atoms with E-state index < -0.39 is 0 Å². The van der Waals surface area contributed by atoms with Gasteiger partial charge in [-0.2, -0.15) is 0 Å². The van der Waals surface area contributed by atoms with Gasteiger partial charge >= 0.3 is 0 Å². The van der Waals surface area contributed by atoms with Crippen LogP contribution in [0.3, 0.4) is 0 Å². The summed E-state index contributed by atoms with van der Waals surface area (Å²) in [5.74, 6) is 2.64. The van der Waals surface area contributed by atoms with E-state index in [2.05, 4.69) is 0 Å². The molecule has 2 N–H and O–H groups in total. The summed E-state index contributed by atoms with van der Waals surface area (Å²) >= 11 is 0. The standard InChI is InChI=1S/C14H23NO2/c1-10-6-7-13(17-10)14(11(2)15)16-9-8-12-4-3-5-12/h6-7,11-12,14H,3-5,8-9,15H2,1-2H3. The van der Waals surface area contributed by atoms with Crippen LogP contribution in [0.1, 0.15) is 50.2 Å². The van der Waals surface area contributed by atoms with Crippen LogP contribution >= 0.6 is 0 Å². The molecule has 1 aliphatic rings. The molecule has 96 valence electrons. The molecule has 0 radical (unpaired) electrons. The second-order valence-corrected chi connectivity index (χ2v) is 5.18. The molecular formula is C14H23NO2. The third-order valence-corrected chi connectivity index (χ3v) is 3.57. The SMILES string of the molecule is Cc1ccc(C(OCCC2CCC2)C(C)N)o1. The normalized spacial score (nSPS) is 19.9. The maximum Gasteiger partial charge on any atom is 0.134 e. The highest BCUT2D eigenvalue weighted by molar-refractivity contribution is 5.09. The molecule has 3 heteroatoms. The van der Waals surface area contributed by atoms with Crippen LogP contribution < -0.4 is 5.73 Å². The first kappa shape index (κ1) is 12.7. The molecule has 0 aromatic carbocycles. The van der Waals surface area contributed by atoms with Crippen molar-refractivity contribution >= 4 is 0 Å². The number of aryl methyl sites for hydroxylation is 1. The van der Waals surface area contributed by atoms with Gasteiger partial charge in [0.1, 0.15) is 17.6 Å². The Labute approximate surface area is 103 Å². The summed E-state index contributed by atoms with van der Waals surface area (Å²) in [5, 5.41) is 0. The summed E-state index contributed by atoms with van der Waals surface area (Å²) in [6.07, 6.45) is 5.17. The average Bonchev–Trinajstić information content (AvgIpc) is 2.61. The molecule has 0 bridgehead atoms. The van der Waals surface area contributed by atoms with E-state index in [1.54, 1.807) is 0 Å². The fraction of sp³-hybridized carbons (Fsp3) is 0.714. The molecule has 1 heterocycles. The van der Waals surface area contributed by atoms with E-state index in [-0.39, 0.29) is 12.1 Å². The lowest BCUT2D eigenvalue weighted by Crippen LogP contribution is -2.27. The summed E-state index contributed by atoms with van der Waals surface area (Å²) in [7, 11) is 0. The first-order chi connectivity index (χ1) is 8.16. The molecule has 2 unspecified atom stereocenters. The van der Waals surface area contributed by atoms with Gasteiger partial charge in [0, 0.05) is 12.6 Å². The number of hydrogen-bond acceptors (Lipinski definition) is 3. The van der Waals surface area contributed by atoms with Gasteiger partial charge in [0.2, 0.25) is 0 Å². The average molecular weight is 237 g/mol. The Bertz CT molecular complexity index is 342. The van der Waals surface area contributed by atoms with Crippen molar-refractivity contribution in [1.29, 1.82) is 0 Å². The molecule has 3 nitrogen and oxygen atoms in total. The molecule has 0 aliphatic heterocycles. The van der Waals surface area contributed by atoms with Crippen molar-refractivity contribution in [3.8, 4) is 0 Å². The molecule has 2 rings (SSSR count). The van der Waals surface area contributed by atoms with Crippen LogP contribution in [-0.4, -0.2) is 12.6 Å². The van der Waals surface area contributed by atoms with Gasteiger partial charge in [0.15, 0.2) is 0 Å². The lowest BCUT2D eigenvalue weighted by molar-refractivity contribution is 0.0113. The third kappa shape index (κ3) is 3.33. The van der Waals surface area contributed by atoms with Gasteiger partial charge in [0.25, 0.3) is 0 Å². The van der Waals surface area contributed by atoms with Gasteiger partial charge in [-0.3, -0.25) is 0 Å². The molecule has 1 aliphatic carbocycles. The zero-order valence-corrected chi connectivity index (χ0v) is 10.8. The molecule has 0 spiro atoms. The van der Waals surface area contributed by atoms with Crippen molar-refractivity contribution in [2.45, 2.75) is 51.7 Å². The Morgan fingerprint density at radius 2 is 2.24 bits per heavy atom. The Hall–Kier alpha value is -0.800. The Morgan fingerprint density at radius 1 is 1.47 bits per heavy atom. The number of hydrogen-bond donors (Lipinski definition) is 1. The fourth-order valence-electron chi connectivity index (χ4n) is 2.24. The van der Waals surface area contributed by atoms with Crippen molar-refractivity contribution in [1.82, 2.24) is 0 Å². The van der Waals surface area contributed by atoms with Crippen LogP contribution in [0.4, 0.5) is 0 Å². The quantitative estimate of drug-likeness (QED) is 0.826. The Kier molecular flexibility index (Phi) is 4.24. The fourth-order valence-corrected chi connectivity index (χ4v) is 2.24. The van der Waals surface area contributed by atoms with Crippen LogP contribution in [0.15, 0.2) is 16.5 Å². The second-order valence-electron chi connectivity index (χ2n) is 5.18.